The maximum Gasteiger partial charge on any atom is 0.358 e. The summed E-state index contributed by atoms with van der Waals surface area (Å²) in [6.45, 7) is -0.320. The first kappa shape index (κ1) is 14.5. The number of rotatable bonds is 4. The van der Waals surface area contributed by atoms with E-state index in [1.807, 2.05) is 12.1 Å². The van der Waals surface area contributed by atoms with Gasteiger partial charge in [-0.2, -0.15) is 0 Å². The van der Waals surface area contributed by atoms with Crippen LogP contribution in [0.5, 0.6) is 0 Å². The second kappa shape index (κ2) is 6.49. The second-order valence-corrected chi connectivity index (χ2v) is 5.09. The number of halogens is 1. The molecule has 2 aromatic rings. The van der Waals surface area contributed by atoms with E-state index >= 15 is 0 Å². The van der Waals surface area contributed by atoms with Crippen molar-refractivity contribution in [3.8, 4) is 10.6 Å². The van der Waals surface area contributed by atoms with Crippen LogP contribution in [0.25, 0.3) is 10.6 Å². The molecule has 7 heteroatoms. The molecule has 1 aromatic heterocycles. The largest absolute Gasteiger partial charge is 0.451 e. The summed E-state index contributed by atoms with van der Waals surface area (Å²) in [5.74, 6) is -0.998. The van der Waals surface area contributed by atoms with Crippen LogP contribution in [0.3, 0.4) is 0 Å². The second-order valence-electron chi connectivity index (χ2n) is 3.80. The molecule has 1 amide bonds. The number of hydrogen-bond acceptors (Lipinski definition) is 5. The van der Waals surface area contributed by atoms with Crippen LogP contribution in [-0.2, 0) is 9.53 Å². The Morgan fingerprint density at radius 1 is 1.45 bits per heavy atom. The molecule has 0 aliphatic heterocycles. The zero-order valence-corrected chi connectivity index (χ0v) is 12.1. The molecule has 0 aliphatic rings. The standard InChI is InChI=1S/C13H11ClN2O3S/c1-15-11(17)6-19-13(18)10-7-20-12(16-10)8-3-2-4-9(14)5-8/h2-5,7H,6H2,1H3,(H,15,17). The molecule has 0 fully saturated rings. The summed E-state index contributed by atoms with van der Waals surface area (Å²) in [6.07, 6.45) is 0. The number of benzene rings is 1. The van der Waals surface area contributed by atoms with Crippen LogP contribution in [0.1, 0.15) is 10.5 Å². The molecule has 104 valence electrons. The van der Waals surface area contributed by atoms with Crippen molar-refractivity contribution in [2.75, 3.05) is 13.7 Å². The fraction of sp³-hybridized carbons (Fsp3) is 0.154. The van der Waals surface area contributed by atoms with Crippen LogP contribution >= 0.6 is 22.9 Å². The lowest BCUT2D eigenvalue weighted by Crippen LogP contribution is -2.25. The Hall–Kier alpha value is -1.92. The zero-order valence-electron chi connectivity index (χ0n) is 10.6. The fourth-order valence-electron chi connectivity index (χ4n) is 1.40. The Morgan fingerprint density at radius 2 is 2.25 bits per heavy atom. The minimum Gasteiger partial charge on any atom is -0.451 e. The lowest BCUT2D eigenvalue weighted by atomic mass is 10.2. The lowest BCUT2D eigenvalue weighted by Gasteiger charge is -2.01. The van der Waals surface area contributed by atoms with Crippen molar-refractivity contribution in [1.82, 2.24) is 10.3 Å². The highest BCUT2D eigenvalue weighted by molar-refractivity contribution is 7.13. The van der Waals surface area contributed by atoms with Gasteiger partial charge in [-0.3, -0.25) is 4.79 Å². The molecule has 0 unspecified atom stereocenters. The predicted octanol–water partition coefficient (Wildman–Crippen LogP) is 2.37. The number of esters is 1. The van der Waals surface area contributed by atoms with E-state index in [9.17, 15) is 9.59 Å². The Morgan fingerprint density at radius 3 is 2.95 bits per heavy atom. The van der Waals surface area contributed by atoms with E-state index in [2.05, 4.69) is 10.3 Å². The summed E-state index contributed by atoms with van der Waals surface area (Å²) in [6, 6.07) is 7.18. The number of carbonyl (C=O) groups is 2. The average molecular weight is 311 g/mol. The van der Waals surface area contributed by atoms with Crippen molar-refractivity contribution in [1.29, 1.82) is 0 Å². The van der Waals surface area contributed by atoms with E-state index in [1.165, 1.54) is 18.4 Å². The van der Waals surface area contributed by atoms with Crippen LogP contribution in [0.15, 0.2) is 29.6 Å². The normalized spacial score (nSPS) is 10.1. The minimum atomic E-state index is -0.627. The van der Waals surface area contributed by atoms with Crippen LogP contribution < -0.4 is 5.32 Å². The van der Waals surface area contributed by atoms with Crippen LogP contribution in [-0.4, -0.2) is 30.5 Å². The number of carbonyl (C=O) groups excluding carboxylic acids is 2. The fourth-order valence-corrected chi connectivity index (χ4v) is 2.38. The summed E-state index contributed by atoms with van der Waals surface area (Å²) < 4.78 is 4.82. The van der Waals surface area contributed by atoms with Gasteiger partial charge >= 0.3 is 5.97 Å². The maximum absolute atomic E-state index is 11.7. The molecule has 1 aromatic carbocycles. The first-order valence-electron chi connectivity index (χ1n) is 5.69. The molecule has 0 saturated carbocycles. The number of likely N-dealkylation sites (N-methyl/N-ethyl adjacent to an activating group) is 1. The summed E-state index contributed by atoms with van der Waals surface area (Å²) in [5, 5.41) is 5.21. The SMILES string of the molecule is CNC(=O)COC(=O)c1csc(-c2cccc(Cl)c2)n1. The molecule has 20 heavy (non-hydrogen) atoms. The molecule has 5 nitrogen and oxygen atoms in total. The molecule has 0 spiro atoms. The van der Waals surface area contributed by atoms with E-state index in [4.69, 9.17) is 16.3 Å². The third kappa shape index (κ3) is 3.55. The Kier molecular flexibility index (Phi) is 4.70. The lowest BCUT2D eigenvalue weighted by molar-refractivity contribution is -0.123. The summed E-state index contributed by atoms with van der Waals surface area (Å²) >= 11 is 7.21. The summed E-state index contributed by atoms with van der Waals surface area (Å²) in [5.41, 5.74) is 1.00. The number of nitrogens with one attached hydrogen (secondary N) is 1. The van der Waals surface area contributed by atoms with Gasteiger partial charge in [-0.25, -0.2) is 9.78 Å². The van der Waals surface area contributed by atoms with Crippen molar-refractivity contribution >= 4 is 34.8 Å². The molecular weight excluding hydrogens is 300 g/mol. The molecule has 2 rings (SSSR count). The number of hydrogen-bond donors (Lipinski definition) is 1. The Balaban J connectivity index is 2.09. The van der Waals surface area contributed by atoms with E-state index < -0.39 is 5.97 Å². The van der Waals surface area contributed by atoms with Gasteiger partial charge in [0.25, 0.3) is 5.91 Å². The highest BCUT2D eigenvalue weighted by atomic mass is 35.5. The van der Waals surface area contributed by atoms with Gasteiger partial charge in [-0.1, -0.05) is 23.7 Å². The summed E-state index contributed by atoms with van der Waals surface area (Å²) in [4.78, 5) is 26.9. The van der Waals surface area contributed by atoms with Gasteiger partial charge < -0.3 is 10.1 Å². The van der Waals surface area contributed by atoms with Crippen LogP contribution in [0.4, 0.5) is 0 Å². The van der Waals surface area contributed by atoms with Crippen molar-refractivity contribution in [3.63, 3.8) is 0 Å². The van der Waals surface area contributed by atoms with Gasteiger partial charge in [0.2, 0.25) is 0 Å². The number of aromatic nitrogens is 1. The molecule has 0 aliphatic carbocycles. The Bertz CT molecular complexity index is 642. The molecule has 0 radical (unpaired) electrons. The molecule has 0 atom stereocenters. The van der Waals surface area contributed by atoms with E-state index in [1.54, 1.807) is 17.5 Å². The number of thiazole rings is 1. The Labute approximate surface area is 124 Å². The minimum absolute atomic E-state index is 0.175. The molecule has 0 saturated heterocycles. The van der Waals surface area contributed by atoms with Crippen LogP contribution in [0, 0.1) is 0 Å². The van der Waals surface area contributed by atoms with Crippen molar-refractivity contribution in [2.24, 2.45) is 0 Å². The molecular formula is C13H11ClN2O3S. The van der Waals surface area contributed by atoms with E-state index in [0.717, 1.165) is 5.56 Å². The van der Waals surface area contributed by atoms with Gasteiger partial charge in [0.15, 0.2) is 12.3 Å². The summed E-state index contributed by atoms with van der Waals surface area (Å²) in [7, 11) is 1.47. The van der Waals surface area contributed by atoms with Gasteiger partial charge in [0.05, 0.1) is 0 Å². The van der Waals surface area contributed by atoms with Gasteiger partial charge in [-0.05, 0) is 12.1 Å². The monoisotopic (exact) mass is 310 g/mol. The highest BCUT2D eigenvalue weighted by Crippen LogP contribution is 2.26. The quantitative estimate of drug-likeness (QED) is 0.880. The highest BCUT2D eigenvalue weighted by Gasteiger charge is 2.14. The smallest absolute Gasteiger partial charge is 0.358 e. The van der Waals surface area contributed by atoms with E-state index in [0.29, 0.717) is 10.0 Å². The number of nitrogens with zero attached hydrogens (tertiary/aromatic N) is 1. The van der Waals surface area contributed by atoms with Gasteiger partial charge in [-0.15, -0.1) is 11.3 Å². The zero-order chi connectivity index (χ0) is 14.5. The molecule has 1 N–H and O–H groups in total. The maximum atomic E-state index is 11.7. The number of amides is 1. The third-order valence-electron chi connectivity index (χ3n) is 2.40. The average Bonchev–Trinajstić information content (AvgIpc) is 2.94. The van der Waals surface area contributed by atoms with Crippen molar-refractivity contribution in [2.45, 2.75) is 0 Å². The van der Waals surface area contributed by atoms with Crippen LogP contribution in [0.2, 0.25) is 5.02 Å². The molecule has 0 bridgehead atoms. The topological polar surface area (TPSA) is 68.3 Å². The predicted molar refractivity (Wildman–Crippen MR) is 76.9 cm³/mol. The first-order valence-corrected chi connectivity index (χ1v) is 6.95. The van der Waals surface area contributed by atoms with Gasteiger partial charge in [0, 0.05) is 23.0 Å². The van der Waals surface area contributed by atoms with E-state index in [-0.39, 0.29) is 18.2 Å². The van der Waals surface area contributed by atoms with Gasteiger partial charge in [0.1, 0.15) is 5.01 Å². The molecule has 1 heterocycles. The van der Waals surface area contributed by atoms with Crippen molar-refractivity contribution in [3.05, 3.63) is 40.4 Å². The number of ether oxygens (including phenoxy) is 1. The first-order chi connectivity index (χ1) is 9.60. The van der Waals surface area contributed by atoms with Crippen molar-refractivity contribution < 1.29 is 14.3 Å². The third-order valence-corrected chi connectivity index (χ3v) is 3.52.